The molecule has 3 atom stereocenters. The Labute approximate surface area is 290 Å². The van der Waals surface area contributed by atoms with Crippen LogP contribution in [0.2, 0.25) is 0 Å². The van der Waals surface area contributed by atoms with Gasteiger partial charge in [0, 0.05) is 50.6 Å². The Bertz CT molecular complexity index is 1960. The lowest BCUT2D eigenvalue weighted by molar-refractivity contribution is -0.0331. The van der Waals surface area contributed by atoms with Gasteiger partial charge in [-0.2, -0.15) is 9.97 Å². The maximum Gasteiger partial charge on any atom is 0.411 e. The van der Waals surface area contributed by atoms with Crippen molar-refractivity contribution in [1.29, 1.82) is 0 Å². The molecule has 3 fully saturated rings. The molecule has 4 aromatic rings. The molecule has 3 aliphatic rings. The van der Waals surface area contributed by atoms with Gasteiger partial charge in [0.15, 0.2) is 12.0 Å². The van der Waals surface area contributed by atoms with E-state index in [2.05, 4.69) is 9.88 Å². The number of phenolic OH excluding ortho intramolecular Hbond substituents is 1. The van der Waals surface area contributed by atoms with Crippen LogP contribution in [0.25, 0.3) is 32.8 Å². The van der Waals surface area contributed by atoms with E-state index in [0.29, 0.717) is 72.0 Å². The van der Waals surface area contributed by atoms with Crippen molar-refractivity contribution in [1.82, 2.24) is 19.8 Å². The normalized spacial score (nSPS) is 23.8. The number of fused-ring (bicyclic) bond motifs is 3. The van der Waals surface area contributed by atoms with E-state index in [1.54, 1.807) is 38.2 Å². The highest BCUT2D eigenvalue weighted by Crippen LogP contribution is 2.44. The number of hydrogen-bond donors (Lipinski definition) is 2. The van der Waals surface area contributed by atoms with Crippen LogP contribution in [0.3, 0.4) is 0 Å². The van der Waals surface area contributed by atoms with Gasteiger partial charge in [0.25, 0.3) is 0 Å². The Morgan fingerprint density at radius 2 is 1.86 bits per heavy atom. The summed E-state index contributed by atoms with van der Waals surface area (Å²) in [6.45, 7) is 7.97. The van der Waals surface area contributed by atoms with E-state index < -0.39 is 17.2 Å². The zero-order valence-electron chi connectivity index (χ0n) is 29.1. The summed E-state index contributed by atoms with van der Waals surface area (Å²) in [5.41, 5.74) is -0.355. The van der Waals surface area contributed by atoms with Crippen molar-refractivity contribution in [3.8, 4) is 22.9 Å². The lowest BCUT2D eigenvalue weighted by atomic mass is 9.92. The minimum atomic E-state index is -0.957. The molecule has 1 amide bonds. The van der Waals surface area contributed by atoms with Gasteiger partial charge in [-0.15, -0.1) is 0 Å². The van der Waals surface area contributed by atoms with Crippen LogP contribution in [0, 0.1) is 11.6 Å². The van der Waals surface area contributed by atoms with Crippen molar-refractivity contribution in [2.45, 2.75) is 83.1 Å². The molecular weight excluding hydrogens is 644 g/mol. The Morgan fingerprint density at radius 1 is 1.06 bits per heavy atom. The fourth-order valence-corrected chi connectivity index (χ4v) is 8.21. The van der Waals surface area contributed by atoms with Gasteiger partial charge in [-0.25, -0.2) is 13.6 Å². The monoisotopic (exact) mass is 689 g/mol. The first-order valence-electron chi connectivity index (χ1n) is 17.7. The average molecular weight is 690 g/mol. The molecule has 3 saturated heterocycles. The van der Waals surface area contributed by atoms with Gasteiger partial charge in [-0.3, -0.25) is 4.90 Å². The number of rotatable bonds is 8. The number of aromatic nitrogens is 2. The molecule has 0 spiro atoms. The number of carbonyl (C=O) groups is 1. The van der Waals surface area contributed by atoms with Crippen LogP contribution < -0.4 is 9.64 Å². The molecule has 12 heteroatoms. The maximum atomic E-state index is 17.0. The second kappa shape index (κ2) is 13.1. The van der Waals surface area contributed by atoms with Gasteiger partial charge in [0.05, 0.1) is 11.1 Å². The number of amides is 1. The van der Waals surface area contributed by atoms with Gasteiger partial charge in [-0.1, -0.05) is 19.1 Å². The van der Waals surface area contributed by atoms with E-state index in [-0.39, 0.29) is 47.3 Å². The molecule has 3 aliphatic heterocycles. The summed E-state index contributed by atoms with van der Waals surface area (Å²) in [5.74, 6) is -0.650. The van der Waals surface area contributed by atoms with Crippen LogP contribution in [-0.4, -0.2) is 93.3 Å². The molecule has 0 saturated carbocycles. The number of aryl methyl sites for hydroxylation is 1. The third kappa shape index (κ3) is 6.06. The van der Waals surface area contributed by atoms with Crippen molar-refractivity contribution in [3.05, 3.63) is 53.6 Å². The molecule has 0 bridgehead atoms. The number of benzene rings is 3. The SMILES string of the molecule is CCc1c(F)ccc2cc(O)cc(-c3ccc4c(N5CCC[C@@](C)(O)C5)nc(OC[C@]56CCCN5[C@@H](OC(=O)N(C)CC)CC6)nc4c3F)c12. The topological polar surface area (TPSA) is 111 Å². The molecule has 0 aliphatic carbocycles. The number of ether oxygens (including phenoxy) is 2. The minimum absolute atomic E-state index is 0.00205. The second-order valence-electron chi connectivity index (χ2n) is 14.3. The van der Waals surface area contributed by atoms with Crippen LogP contribution in [-0.2, 0) is 11.2 Å². The standard InChI is InChI=1S/C38H45F2N5O5/c1-5-25-29(39)12-9-23-19-24(46)20-28(31(23)25)26-10-11-27-33(32(26)40)41-35(42-34(27)44-17-7-14-37(3,48)21-44)49-22-38-15-8-18-45(38)30(13-16-38)50-36(47)43(4)6-2/h9-12,19-20,30,46,48H,5-8,13-18,21-22H2,1-4H3/t30-,37+,38+/m0/s1. The van der Waals surface area contributed by atoms with Crippen LogP contribution in [0.5, 0.6) is 11.8 Å². The summed E-state index contributed by atoms with van der Waals surface area (Å²) in [5, 5.41) is 23.2. The lowest BCUT2D eigenvalue weighted by Gasteiger charge is -2.38. The smallest absolute Gasteiger partial charge is 0.411 e. The van der Waals surface area contributed by atoms with Crippen LogP contribution in [0.4, 0.5) is 19.4 Å². The van der Waals surface area contributed by atoms with E-state index in [4.69, 9.17) is 14.5 Å². The first-order valence-corrected chi connectivity index (χ1v) is 17.7. The Kier molecular flexibility index (Phi) is 8.96. The molecule has 10 nitrogen and oxygen atoms in total. The predicted molar refractivity (Wildman–Crippen MR) is 187 cm³/mol. The van der Waals surface area contributed by atoms with Crippen LogP contribution in [0.1, 0.15) is 64.9 Å². The van der Waals surface area contributed by atoms with Crippen LogP contribution >= 0.6 is 0 Å². The van der Waals surface area contributed by atoms with Crippen molar-refractivity contribution in [2.24, 2.45) is 0 Å². The largest absolute Gasteiger partial charge is 0.508 e. The highest BCUT2D eigenvalue weighted by molar-refractivity contribution is 6.03. The van der Waals surface area contributed by atoms with Gasteiger partial charge in [-0.05, 0) is 98.5 Å². The molecule has 0 unspecified atom stereocenters. The maximum absolute atomic E-state index is 17.0. The number of carbonyl (C=O) groups excluding carboxylic acids is 1. The van der Waals surface area contributed by atoms with E-state index >= 15 is 8.78 Å². The van der Waals surface area contributed by atoms with E-state index in [9.17, 15) is 15.0 Å². The van der Waals surface area contributed by atoms with Gasteiger partial charge < -0.3 is 29.5 Å². The van der Waals surface area contributed by atoms with E-state index in [0.717, 1.165) is 32.2 Å². The van der Waals surface area contributed by atoms with Gasteiger partial charge in [0.2, 0.25) is 0 Å². The molecule has 266 valence electrons. The Hall–Kier alpha value is -4.29. The van der Waals surface area contributed by atoms with E-state index in [1.165, 1.54) is 17.0 Å². The second-order valence-corrected chi connectivity index (χ2v) is 14.3. The summed E-state index contributed by atoms with van der Waals surface area (Å²) in [6.07, 6.45) is 4.22. The fraction of sp³-hybridized carbons (Fsp3) is 0.500. The van der Waals surface area contributed by atoms with Crippen molar-refractivity contribution >= 4 is 33.6 Å². The fourth-order valence-electron chi connectivity index (χ4n) is 8.21. The molecule has 3 aromatic carbocycles. The number of β-amino-alcohol motifs (C(OH)–C–C–N with tert-alkyl or cyclic N) is 1. The molecule has 2 N–H and O–H groups in total. The molecule has 4 heterocycles. The highest BCUT2D eigenvalue weighted by atomic mass is 19.1. The predicted octanol–water partition coefficient (Wildman–Crippen LogP) is 6.77. The summed E-state index contributed by atoms with van der Waals surface area (Å²) in [7, 11) is 1.71. The number of nitrogens with zero attached hydrogens (tertiary/aromatic N) is 5. The number of piperidine rings is 1. The summed E-state index contributed by atoms with van der Waals surface area (Å²) >= 11 is 0. The zero-order chi connectivity index (χ0) is 35.4. The zero-order valence-corrected chi connectivity index (χ0v) is 29.1. The quantitative estimate of drug-likeness (QED) is 0.207. The van der Waals surface area contributed by atoms with Crippen molar-refractivity contribution < 1.29 is 33.3 Å². The average Bonchev–Trinajstić information content (AvgIpc) is 3.66. The van der Waals surface area contributed by atoms with E-state index in [1.807, 2.05) is 18.7 Å². The van der Waals surface area contributed by atoms with Crippen molar-refractivity contribution in [3.63, 3.8) is 0 Å². The van der Waals surface area contributed by atoms with Gasteiger partial charge in [0.1, 0.15) is 29.5 Å². The van der Waals surface area contributed by atoms with Crippen molar-refractivity contribution in [2.75, 3.05) is 44.7 Å². The summed E-state index contributed by atoms with van der Waals surface area (Å²) in [4.78, 5) is 27.8. The number of anilines is 1. The summed E-state index contributed by atoms with van der Waals surface area (Å²) in [6, 6.07) is 9.33. The molecule has 1 aromatic heterocycles. The highest BCUT2D eigenvalue weighted by Gasteiger charge is 2.51. The number of aliphatic hydroxyl groups is 1. The number of aromatic hydroxyl groups is 1. The number of hydrogen-bond acceptors (Lipinski definition) is 9. The minimum Gasteiger partial charge on any atom is -0.508 e. The molecule has 50 heavy (non-hydrogen) atoms. The third-order valence-corrected chi connectivity index (χ3v) is 10.9. The molecule has 7 rings (SSSR count). The molecular formula is C38H45F2N5O5. The Balaban J connectivity index is 1.30. The molecule has 0 radical (unpaired) electrons. The summed E-state index contributed by atoms with van der Waals surface area (Å²) < 4.78 is 44.3. The number of phenols is 1. The Morgan fingerprint density at radius 3 is 2.62 bits per heavy atom. The first kappa shape index (κ1) is 34.2. The van der Waals surface area contributed by atoms with Gasteiger partial charge >= 0.3 is 12.1 Å². The van der Waals surface area contributed by atoms with Crippen LogP contribution in [0.15, 0.2) is 36.4 Å². The number of halogens is 2. The lowest BCUT2D eigenvalue weighted by Crippen LogP contribution is -2.48. The third-order valence-electron chi connectivity index (χ3n) is 10.9. The first-order chi connectivity index (χ1) is 23.9.